The quantitative estimate of drug-likeness (QED) is 0.864. The molecule has 0 saturated heterocycles. The van der Waals surface area contributed by atoms with Crippen LogP contribution in [0.1, 0.15) is 18.1 Å². The summed E-state index contributed by atoms with van der Waals surface area (Å²) in [6.45, 7) is 3.93. The molecule has 0 amide bonds. The summed E-state index contributed by atoms with van der Waals surface area (Å²) in [5.41, 5.74) is 7.86. The molecule has 2 aromatic carbocycles. The van der Waals surface area contributed by atoms with E-state index in [1.54, 1.807) is 0 Å². The van der Waals surface area contributed by atoms with Crippen LogP contribution in [0.15, 0.2) is 36.4 Å². The molecule has 4 heteroatoms. The molecule has 0 aliphatic carbocycles. The predicted octanol–water partition coefficient (Wildman–Crippen LogP) is 4.98. The van der Waals surface area contributed by atoms with E-state index in [1.807, 2.05) is 50.2 Å². The number of nitrogens with two attached hydrogens (primary N) is 1. The van der Waals surface area contributed by atoms with Crippen molar-refractivity contribution >= 4 is 23.2 Å². The molecule has 0 saturated carbocycles. The molecule has 2 nitrogen and oxygen atoms in total. The molecule has 0 fully saturated rings. The Morgan fingerprint density at radius 3 is 2.55 bits per heavy atom. The largest absolute Gasteiger partial charge is 0.455 e. The fourth-order valence-electron chi connectivity index (χ4n) is 1.96. The first kappa shape index (κ1) is 15.2. The first-order valence-electron chi connectivity index (χ1n) is 6.44. The third kappa shape index (κ3) is 3.66. The number of ether oxygens (including phenoxy) is 1. The molecular formula is C16H17Cl2NO. The van der Waals surface area contributed by atoms with Crippen molar-refractivity contribution in [3.63, 3.8) is 0 Å². The normalized spacial score (nSPS) is 12.2. The van der Waals surface area contributed by atoms with Gasteiger partial charge in [0.2, 0.25) is 0 Å². The average Bonchev–Trinajstić information content (AvgIpc) is 2.37. The minimum Gasteiger partial charge on any atom is -0.455 e. The Bertz CT molecular complexity index is 611. The molecule has 0 aliphatic rings. The fourth-order valence-corrected chi connectivity index (χ4v) is 2.36. The maximum atomic E-state index is 6.24. The van der Waals surface area contributed by atoms with Crippen LogP contribution in [0.25, 0.3) is 0 Å². The van der Waals surface area contributed by atoms with E-state index in [4.69, 9.17) is 33.7 Å². The maximum Gasteiger partial charge on any atom is 0.146 e. The van der Waals surface area contributed by atoms with Gasteiger partial charge in [0.15, 0.2) is 0 Å². The van der Waals surface area contributed by atoms with Gasteiger partial charge in [-0.15, -0.1) is 0 Å². The van der Waals surface area contributed by atoms with Crippen molar-refractivity contribution in [2.24, 2.45) is 5.73 Å². The zero-order chi connectivity index (χ0) is 14.7. The molecular weight excluding hydrogens is 293 g/mol. The Morgan fingerprint density at radius 2 is 1.85 bits per heavy atom. The van der Waals surface area contributed by atoms with E-state index in [0.29, 0.717) is 28.0 Å². The van der Waals surface area contributed by atoms with Crippen LogP contribution in [0.4, 0.5) is 0 Å². The molecule has 2 rings (SSSR count). The van der Waals surface area contributed by atoms with Gasteiger partial charge in [-0.25, -0.2) is 0 Å². The highest BCUT2D eigenvalue weighted by molar-refractivity contribution is 6.32. The lowest BCUT2D eigenvalue weighted by Crippen LogP contribution is -2.18. The molecule has 1 atom stereocenters. The Hall–Kier alpha value is -1.22. The smallest absolute Gasteiger partial charge is 0.146 e. The molecule has 0 spiro atoms. The van der Waals surface area contributed by atoms with E-state index in [0.717, 1.165) is 11.1 Å². The number of halogens is 2. The fraction of sp³-hybridized carbons (Fsp3) is 0.250. The summed E-state index contributed by atoms with van der Waals surface area (Å²) in [4.78, 5) is 0. The number of aryl methyl sites for hydroxylation is 1. The molecule has 2 N–H and O–H groups in total. The third-order valence-electron chi connectivity index (χ3n) is 2.91. The minimum absolute atomic E-state index is 0.00484. The van der Waals surface area contributed by atoms with Crippen LogP contribution >= 0.6 is 23.2 Å². The van der Waals surface area contributed by atoms with Crippen LogP contribution in [0.2, 0.25) is 10.0 Å². The highest BCUT2D eigenvalue weighted by atomic mass is 35.5. The molecule has 1 unspecified atom stereocenters. The van der Waals surface area contributed by atoms with Crippen LogP contribution in [0.3, 0.4) is 0 Å². The van der Waals surface area contributed by atoms with E-state index >= 15 is 0 Å². The van der Waals surface area contributed by atoms with Crippen LogP contribution in [0.5, 0.6) is 11.5 Å². The Balaban J connectivity index is 2.38. The van der Waals surface area contributed by atoms with Crippen molar-refractivity contribution < 1.29 is 4.74 Å². The van der Waals surface area contributed by atoms with Crippen molar-refractivity contribution in [3.8, 4) is 11.5 Å². The third-order valence-corrected chi connectivity index (χ3v) is 3.57. The van der Waals surface area contributed by atoms with Crippen LogP contribution in [0, 0.1) is 6.92 Å². The van der Waals surface area contributed by atoms with Gasteiger partial charge in [-0.2, -0.15) is 0 Å². The monoisotopic (exact) mass is 309 g/mol. The van der Waals surface area contributed by atoms with Crippen LogP contribution in [-0.4, -0.2) is 6.04 Å². The Labute approximate surface area is 129 Å². The highest BCUT2D eigenvalue weighted by Gasteiger charge is 2.12. The van der Waals surface area contributed by atoms with Crippen molar-refractivity contribution in [2.75, 3.05) is 0 Å². The van der Waals surface area contributed by atoms with Gasteiger partial charge in [-0.1, -0.05) is 35.3 Å². The first-order valence-corrected chi connectivity index (χ1v) is 7.20. The number of hydrogen-bond acceptors (Lipinski definition) is 2. The summed E-state index contributed by atoms with van der Waals surface area (Å²) < 4.78 is 5.93. The highest BCUT2D eigenvalue weighted by Crippen LogP contribution is 2.35. The van der Waals surface area contributed by atoms with Crippen molar-refractivity contribution in [1.29, 1.82) is 0 Å². The molecule has 0 radical (unpaired) electrons. The number of hydrogen-bond donors (Lipinski definition) is 1. The number of benzene rings is 2. The minimum atomic E-state index is 0.00484. The van der Waals surface area contributed by atoms with E-state index < -0.39 is 0 Å². The lowest BCUT2D eigenvalue weighted by atomic mass is 10.1. The van der Waals surface area contributed by atoms with Crippen molar-refractivity contribution in [1.82, 2.24) is 0 Å². The summed E-state index contributed by atoms with van der Waals surface area (Å²) in [6.07, 6.45) is 0.651. The number of rotatable bonds is 4. The lowest BCUT2D eigenvalue weighted by Gasteiger charge is -2.15. The SMILES string of the molecule is Cc1ccc(Cl)c(Oc2cccc(Cl)c2CC(C)N)c1. The first-order chi connectivity index (χ1) is 9.47. The van der Waals surface area contributed by atoms with E-state index in [2.05, 4.69) is 0 Å². The van der Waals surface area contributed by atoms with Gasteiger partial charge in [0.25, 0.3) is 0 Å². The molecule has 2 aromatic rings. The second-order valence-corrected chi connectivity index (χ2v) is 5.75. The summed E-state index contributed by atoms with van der Waals surface area (Å²) in [7, 11) is 0. The van der Waals surface area contributed by atoms with Gasteiger partial charge in [-0.3, -0.25) is 0 Å². The molecule has 0 aromatic heterocycles. The Morgan fingerprint density at radius 1 is 1.10 bits per heavy atom. The molecule has 0 aliphatic heterocycles. The van der Waals surface area contributed by atoms with Gasteiger partial charge in [-0.05, 0) is 50.1 Å². The second kappa shape index (κ2) is 6.49. The lowest BCUT2D eigenvalue weighted by molar-refractivity contribution is 0.474. The van der Waals surface area contributed by atoms with Crippen molar-refractivity contribution in [2.45, 2.75) is 26.3 Å². The summed E-state index contributed by atoms with van der Waals surface area (Å²) in [5.74, 6) is 1.32. The standard InChI is InChI=1S/C16H17Cl2NO/c1-10-6-7-14(18)16(8-10)20-15-5-3-4-13(17)12(15)9-11(2)19/h3-8,11H,9,19H2,1-2H3. The van der Waals surface area contributed by atoms with Crippen LogP contribution in [-0.2, 0) is 6.42 Å². The van der Waals surface area contributed by atoms with Crippen molar-refractivity contribution in [3.05, 3.63) is 57.6 Å². The zero-order valence-corrected chi connectivity index (χ0v) is 13.0. The molecule has 106 valence electrons. The average molecular weight is 310 g/mol. The van der Waals surface area contributed by atoms with Gasteiger partial charge in [0, 0.05) is 16.6 Å². The van der Waals surface area contributed by atoms with Gasteiger partial charge >= 0.3 is 0 Å². The summed E-state index contributed by atoms with van der Waals surface area (Å²) >= 11 is 12.4. The summed E-state index contributed by atoms with van der Waals surface area (Å²) in [5, 5.41) is 1.23. The Kier molecular flexibility index (Phi) is 4.92. The van der Waals surface area contributed by atoms with Gasteiger partial charge in [0.05, 0.1) is 5.02 Å². The maximum absolute atomic E-state index is 6.24. The van der Waals surface area contributed by atoms with Gasteiger partial charge in [0.1, 0.15) is 11.5 Å². The van der Waals surface area contributed by atoms with E-state index in [1.165, 1.54) is 0 Å². The molecule has 20 heavy (non-hydrogen) atoms. The van der Waals surface area contributed by atoms with Gasteiger partial charge < -0.3 is 10.5 Å². The topological polar surface area (TPSA) is 35.2 Å². The molecule has 0 bridgehead atoms. The summed E-state index contributed by atoms with van der Waals surface area (Å²) in [6, 6.07) is 11.2. The van der Waals surface area contributed by atoms with E-state index in [-0.39, 0.29) is 6.04 Å². The van der Waals surface area contributed by atoms with E-state index in [9.17, 15) is 0 Å². The second-order valence-electron chi connectivity index (χ2n) is 4.93. The zero-order valence-electron chi connectivity index (χ0n) is 11.5. The van der Waals surface area contributed by atoms with Crippen LogP contribution < -0.4 is 10.5 Å². The molecule has 0 heterocycles. The predicted molar refractivity (Wildman–Crippen MR) is 85.1 cm³/mol.